The van der Waals surface area contributed by atoms with Crippen LogP contribution in [0.2, 0.25) is 5.02 Å². The van der Waals surface area contributed by atoms with Crippen LogP contribution in [0.15, 0.2) is 55.3 Å². The van der Waals surface area contributed by atoms with Gasteiger partial charge in [-0.05, 0) is 44.7 Å². The maximum Gasteiger partial charge on any atom is 0.263 e. The number of rotatable bonds is 11. The van der Waals surface area contributed by atoms with Crippen molar-refractivity contribution >= 4 is 52.9 Å². The highest BCUT2D eigenvalue weighted by molar-refractivity contribution is 7.70. The van der Waals surface area contributed by atoms with Gasteiger partial charge in [0, 0.05) is 59.3 Å². The average Bonchev–Trinajstić information content (AvgIpc) is 2.92. The second-order valence-corrected chi connectivity index (χ2v) is 13.7. The van der Waals surface area contributed by atoms with Crippen LogP contribution in [0.5, 0.6) is 5.75 Å². The average molecular weight is 585 g/mol. The lowest BCUT2D eigenvalue weighted by atomic mass is 10.1. The summed E-state index contributed by atoms with van der Waals surface area (Å²) in [7, 11) is 1.14. The Balaban J connectivity index is 1.66. The Kier molecular flexibility index (Phi) is 9.58. The van der Waals surface area contributed by atoms with E-state index in [1.165, 1.54) is 6.20 Å². The number of piperazine rings is 1. The number of hydrogen-bond acceptors (Lipinski definition) is 9. The van der Waals surface area contributed by atoms with Crippen LogP contribution in [0.3, 0.4) is 0 Å². The molecule has 1 aliphatic heterocycles. The van der Waals surface area contributed by atoms with E-state index in [2.05, 4.69) is 44.0 Å². The molecule has 40 heavy (non-hydrogen) atoms. The van der Waals surface area contributed by atoms with Gasteiger partial charge in [0.1, 0.15) is 17.9 Å². The number of methoxy groups -OCH3 is 1. The van der Waals surface area contributed by atoms with Crippen LogP contribution in [0.25, 0.3) is 0 Å². The molecule has 4 rings (SSSR count). The molecule has 0 radical (unpaired) electrons. The van der Waals surface area contributed by atoms with Crippen molar-refractivity contribution in [2.75, 3.05) is 70.8 Å². The molecule has 10 nitrogen and oxygen atoms in total. The number of para-hydroxylation sites is 1. The maximum atomic E-state index is 13.0. The van der Waals surface area contributed by atoms with Gasteiger partial charge in [-0.15, -0.1) is 0 Å². The summed E-state index contributed by atoms with van der Waals surface area (Å²) in [6.45, 7) is 11.7. The topological polar surface area (TPSA) is 103 Å². The van der Waals surface area contributed by atoms with Crippen molar-refractivity contribution in [2.45, 2.75) is 6.54 Å². The highest BCUT2D eigenvalue weighted by Crippen LogP contribution is 2.39. The Bertz CT molecular complexity index is 1440. The number of ether oxygens (including phenoxy) is 1. The van der Waals surface area contributed by atoms with Crippen LogP contribution in [-0.2, 0) is 11.1 Å². The molecule has 12 heteroatoms. The minimum atomic E-state index is -2.56. The summed E-state index contributed by atoms with van der Waals surface area (Å²) in [4.78, 5) is 26.6. The molecule has 0 spiro atoms. The molecule has 0 amide bonds. The Morgan fingerprint density at radius 1 is 1.15 bits per heavy atom. The summed E-state index contributed by atoms with van der Waals surface area (Å²) in [5.74, 6) is 1.15. The van der Waals surface area contributed by atoms with Crippen molar-refractivity contribution in [2.24, 2.45) is 0 Å². The van der Waals surface area contributed by atoms with Crippen LogP contribution in [0, 0.1) is 4.91 Å². The Morgan fingerprint density at radius 2 is 1.88 bits per heavy atom. The number of anilines is 4. The first-order chi connectivity index (χ1) is 19.1. The molecule has 0 aliphatic carbocycles. The van der Waals surface area contributed by atoms with E-state index in [1.807, 2.05) is 30.3 Å². The zero-order chi connectivity index (χ0) is 28.9. The third kappa shape index (κ3) is 7.26. The van der Waals surface area contributed by atoms with Crippen LogP contribution < -0.4 is 20.7 Å². The molecule has 1 aromatic heterocycles. The SMILES string of the molecule is C=CC[N+](=O)c1cc(Nc2ncc(Cl)c(Nc3ccccc3P(C)(C)=O)n2)c(OC)cc1CN1CCN(C)CC1. The van der Waals surface area contributed by atoms with Gasteiger partial charge in [-0.3, -0.25) is 4.90 Å². The zero-order valence-corrected chi connectivity index (χ0v) is 25.0. The fourth-order valence-electron chi connectivity index (χ4n) is 4.51. The van der Waals surface area contributed by atoms with E-state index >= 15 is 0 Å². The molecule has 0 unspecified atom stereocenters. The highest BCUT2D eigenvalue weighted by Gasteiger charge is 2.25. The van der Waals surface area contributed by atoms with Crippen molar-refractivity contribution in [3.8, 4) is 5.75 Å². The lowest BCUT2D eigenvalue weighted by molar-refractivity contribution is -0.452. The molecule has 0 atom stereocenters. The predicted molar refractivity (Wildman–Crippen MR) is 163 cm³/mol. The van der Waals surface area contributed by atoms with Gasteiger partial charge in [0.25, 0.3) is 5.69 Å². The van der Waals surface area contributed by atoms with E-state index in [4.69, 9.17) is 16.3 Å². The number of hydrogen-bond donors (Lipinski definition) is 2. The lowest BCUT2D eigenvalue weighted by Crippen LogP contribution is -2.43. The van der Waals surface area contributed by atoms with Crippen LogP contribution in [0.1, 0.15) is 5.56 Å². The van der Waals surface area contributed by atoms with Crippen molar-refractivity contribution in [3.05, 3.63) is 70.7 Å². The largest absolute Gasteiger partial charge is 0.495 e. The molecule has 1 fully saturated rings. The minimum Gasteiger partial charge on any atom is -0.495 e. The number of nitrogens with zero attached hydrogens (tertiary/aromatic N) is 5. The van der Waals surface area contributed by atoms with E-state index in [0.717, 1.165) is 36.5 Å². The normalized spacial score (nSPS) is 14.5. The third-order valence-corrected chi connectivity index (χ3v) is 8.51. The Hall–Kier alpha value is -3.30. The Labute approximate surface area is 240 Å². The van der Waals surface area contributed by atoms with Crippen molar-refractivity contribution < 1.29 is 14.1 Å². The van der Waals surface area contributed by atoms with E-state index in [-0.39, 0.29) is 12.5 Å². The number of nitrogens with one attached hydrogen (secondary N) is 2. The molecule has 0 saturated carbocycles. The fraction of sp³-hybridized carbons (Fsp3) is 0.357. The van der Waals surface area contributed by atoms with E-state index < -0.39 is 7.14 Å². The van der Waals surface area contributed by atoms with E-state index in [1.54, 1.807) is 32.6 Å². The maximum absolute atomic E-state index is 13.0. The summed E-state index contributed by atoms with van der Waals surface area (Å²) < 4.78 is 19.4. The monoisotopic (exact) mass is 584 g/mol. The summed E-state index contributed by atoms with van der Waals surface area (Å²) in [5, 5.41) is 7.38. The number of aromatic nitrogens is 2. The first kappa shape index (κ1) is 29.7. The summed E-state index contributed by atoms with van der Waals surface area (Å²) in [5.41, 5.74) is 2.57. The Morgan fingerprint density at radius 3 is 2.55 bits per heavy atom. The molecule has 2 aromatic carbocycles. The molecule has 2 N–H and O–H groups in total. The molecule has 1 saturated heterocycles. The van der Waals surface area contributed by atoms with Crippen LogP contribution in [0.4, 0.5) is 28.8 Å². The van der Waals surface area contributed by atoms with Crippen molar-refractivity contribution in [1.29, 1.82) is 0 Å². The van der Waals surface area contributed by atoms with Gasteiger partial charge in [-0.2, -0.15) is 4.98 Å². The van der Waals surface area contributed by atoms with Crippen molar-refractivity contribution in [1.82, 2.24) is 19.8 Å². The van der Waals surface area contributed by atoms with Gasteiger partial charge in [0.05, 0.1) is 24.7 Å². The zero-order valence-electron chi connectivity index (χ0n) is 23.4. The standard InChI is InChI=1S/C28H36ClN7O3P/c1-6-11-36(37)24-17-23(25(39-3)16-20(24)19-35-14-12-34(2)13-15-35)32-28-30-18-21(29)27(33-28)31-22-9-7-8-10-26(22)40(4,5)38/h6-10,16-18H,1,11-15,19H2,2-5H3,(H2,30,31,32,33)/q+1. The van der Waals surface area contributed by atoms with Gasteiger partial charge in [0.15, 0.2) is 5.82 Å². The minimum absolute atomic E-state index is 0.144. The molecular formula is C28H36ClN7O3P+. The number of benzene rings is 2. The summed E-state index contributed by atoms with van der Waals surface area (Å²) in [6, 6.07) is 11.0. The summed E-state index contributed by atoms with van der Waals surface area (Å²) in [6.07, 6.45) is 3.06. The quantitative estimate of drug-likeness (QED) is 0.178. The fourth-order valence-corrected chi connectivity index (χ4v) is 5.80. The van der Waals surface area contributed by atoms with Crippen molar-refractivity contribution in [3.63, 3.8) is 0 Å². The van der Waals surface area contributed by atoms with Crippen LogP contribution in [-0.4, -0.2) is 84.7 Å². The molecule has 2 heterocycles. The van der Waals surface area contributed by atoms with Gasteiger partial charge in [-0.25, -0.2) is 4.98 Å². The molecule has 212 valence electrons. The summed E-state index contributed by atoms with van der Waals surface area (Å²) >= 11 is 6.42. The molecule has 1 aliphatic rings. The first-order valence-corrected chi connectivity index (χ1v) is 16.0. The van der Waals surface area contributed by atoms with Gasteiger partial charge in [-0.1, -0.05) is 30.3 Å². The number of nitroso groups, excluding NO2 is 1. The second-order valence-electron chi connectivity index (χ2n) is 10.1. The smallest absolute Gasteiger partial charge is 0.263 e. The predicted octanol–water partition coefficient (Wildman–Crippen LogP) is 5.22. The van der Waals surface area contributed by atoms with Gasteiger partial charge >= 0.3 is 0 Å². The van der Waals surface area contributed by atoms with E-state index in [9.17, 15) is 9.47 Å². The number of halogens is 1. The highest BCUT2D eigenvalue weighted by atomic mass is 35.5. The molecule has 0 bridgehead atoms. The second kappa shape index (κ2) is 12.9. The van der Waals surface area contributed by atoms with Gasteiger partial charge in [0.2, 0.25) is 12.5 Å². The van der Waals surface area contributed by atoms with E-state index in [0.29, 0.717) is 45.5 Å². The molecule has 3 aromatic rings. The number of likely N-dealkylation sites (N-methyl/N-ethyl adjacent to an activating group) is 1. The molecular weight excluding hydrogens is 549 g/mol. The third-order valence-electron chi connectivity index (χ3n) is 6.68. The van der Waals surface area contributed by atoms with Crippen LogP contribution >= 0.6 is 18.7 Å². The van der Waals surface area contributed by atoms with Gasteiger partial charge < -0.3 is 24.8 Å². The lowest BCUT2D eigenvalue weighted by Gasteiger charge is -2.32. The first-order valence-electron chi connectivity index (χ1n) is 13.0.